The first-order valence-corrected chi connectivity index (χ1v) is 6.95. The summed E-state index contributed by atoms with van der Waals surface area (Å²) in [5.41, 5.74) is 0.896. The highest BCUT2D eigenvalue weighted by Gasteiger charge is 2.43. The number of benzene rings is 1. The molecule has 1 aromatic rings. The number of ether oxygens (including phenoxy) is 2. The lowest BCUT2D eigenvalue weighted by atomic mass is 10.1. The standard InChI is InChI=1S/C14H18F2N2O2/c1-2-3-10-9-18(7-6-17-10)11-4-5-12-13(8-11)20-14(15,16)19-12/h4-5,8,10,17H,2-3,6-7,9H2,1H3. The summed E-state index contributed by atoms with van der Waals surface area (Å²) in [6.45, 7) is 4.79. The van der Waals surface area contributed by atoms with Crippen molar-refractivity contribution in [3.8, 4) is 11.5 Å². The van der Waals surface area contributed by atoms with E-state index in [9.17, 15) is 8.78 Å². The number of alkyl halides is 2. The fourth-order valence-electron chi connectivity index (χ4n) is 2.74. The van der Waals surface area contributed by atoms with E-state index in [-0.39, 0.29) is 11.5 Å². The Morgan fingerprint density at radius 3 is 2.95 bits per heavy atom. The van der Waals surface area contributed by atoms with Crippen molar-refractivity contribution in [2.24, 2.45) is 0 Å². The van der Waals surface area contributed by atoms with E-state index in [0.29, 0.717) is 6.04 Å². The minimum absolute atomic E-state index is 0.0963. The minimum atomic E-state index is -3.55. The lowest BCUT2D eigenvalue weighted by molar-refractivity contribution is -0.286. The second-order valence-electron chi connectivity index (χ2n) is 5.18. The summed E-state index contributed by atoms with van der Waals surface area (Å²) in [7, 11) is 0. The first kappa shape index (κ1) is 13.4. The molecular weight excluding hydrogens is 266 g/mol. The number of piperazine rings is 1. The van der Waals surface area contributed by atoms with E-state index >= 15 is 0 Å². The van der Waals surface area contributed by atoms with Gasteiger partial charge >= 0.3 is 6.29 Å². The van der Waals surface area contributed by atoms with Crippen molar-refractivity contribution in [1.29, 1.82) is 0 Å². The molecule has 1 fully saturated rings. The maximum absolute atomic E-state index is 13.0. The largest absolute Gasteiger partial charge is 0.586 e. The summed E-state index contributed by atoms with van der Waals surface area (Å²) in [4.78, 5) is 2.19. The highest BCUT2D eigenvalue weighted by Crippen LogP contribution is 2.42. The molecule has 1 atom stereocenters. The summed E-state index contributed by atoms with van der Waals surface area (Å²) >= 11 is 0. The van der Waals surface area contributed by atoms with Gasteiger partial charge < -0.3 is 19.7 Å². The third-order valence-corrected chi connectivity index (χ3v) is 3.64. The summed E-state index contributed by atoms with van der Waals surface area (Å²) in [6, 6.07) is 5.42. The Labute approximate surface area is 116 Å². The van der Waals surface area contributed by atoms with E-state index in [1.807, 2.05) is 0 Å². The molecule has 0 bridgehead atoms. The SMILES string of the molecule is CCCC1CN(c2ccc3c(c2)OC(F)(F)O3)CCN1. The Hall–Kier alpha value is -1.56. The highest BCUT2D eigenvalue weighted by molar-refractivity contribution is 5.57. The molecule has 1 unspecified atom stereocenters. The number of nitrogens with zero attached hydrogens (tertiary/aromatic N) is 1. The van der Waals surface area contributed by atoms with Crippen LogP contribution in [-0.4, -0.2) is 32.0 Å². The molecule has 2 aliphatic rings. The van der Waals surface area contributed by atoms with Gasteiger partial charge in [0.2, 0.25) is 0 Å². The fourth-order valence-corrected chi connectivity index (χ4v) is 2.74. The van der Waals surface area contributed by atoms with Gasteiger partial charge in [0.25, 0.3) is 0 Å². The molecule has 0 spiro atoms. The van der Waals surface area contributed by atoms with Crippen molar-refractivity contribution in [1.82, 2.24) is 5.32 Å². The van der Waals surface area contributed by atoms with Crippen molar-refractivity contribution >= 4 is 5.69 Å². The number of hydrogen-bond donors (Lipinski definition) is 1. The quantitative estimate of drug-likeness (QED) is 0.925. The molecule has 0 aromatic heterocycles. The molecule has 1 aromatic carbocycles. The normalized spacial score (nSPS) is 23.9. The maximum atomic E-state index is 13.0. The van der Waals surface area contributed by atoms with Gasteiger partial charge in [0, 0.05) is 37.4 Å². The zero-order valence-corrected chi connectivity index (χ0v) is 11.4. The van der Waals surface area contributed by atoms with Gasteiger partial charge in [-0.3, -0.25) is 0 Å². The topological polar surface area (TPSA) is 33.7 Å². The van der Waals surface area contributed by atoms with Gasteiger partial charge in [-0.15, -0.1) is 8.78 Å². The van der Waals surface area contributed by atoms with Crippen LogP contribution in [-0.2, 0) is 0 Å². The molecule has 20 heavy (non-hydrogen) atoms. The van der Waals surface area contributed by atoms with Gasteiger partial charge in [0.1, 0.15) is 0 Å². The van der Waals surface area contributed by atoms with Crippen molar-refractivity contribution in [3.05, 3.63) is 18.2 Å². The van der Waals surface area contributed by atoms with Gasteiger partial charge in [-0.05, 0) is 18.6 Å². The molecule has 0 radical (unpaired) electrons. The van der Waals surface area contributed by atoms with Crippen LogP contribution in [0.15, 0.2) is 18.2 Å². The number of fused-ring (bicyclic) bond motifs is 1. The molecule has 0 amide bonds. The Balaban J connectivity index is 1.75. The summed E-state index contributed by atoms with van der Waals surface area (Å²) < 4.78 is 34.9. The van der Waals surface area contributed by atoms with E-state index in [4.69, 9.17) is 0 Å². The zero-order chi connectivity index (χ0) is 14.2. The van der Waals surface area contributed by atoms with Crippen molar-refractivity contribution in [2.75, 3.05) is 24.5 Å². The van der Waals surface area contributed by atoms with Crippen molar-refractivity contribution in [2.45, 2.75) is 32.1 Å². The number of rotatable bonds is 3. The average molecular weight is 284 g/mol. The van der Waals surface area contributed by atoms with Gasteiger partial charge in [-0.2, -0.15) is 0 Å². The summed E-state index contributed by atoms with van der Waals surface area (Å²) in [5.74, 6) is 0.206. The van der Waals surface area contributed by atoms with E-state index in [0.717, 1.165) is 38.2 Å². The molecule has 1 saturated heterocycles. The van der Waals surface area contributed by atoms with Gasteiger partial charge in [0.15, 0.2) is 11.5 Å². The third-order valence-electron chi connectivity index (χ3n) is 3.64. The average Bonchev–Trinajstić information content (AvgIpc) is 2.72. The fraction of sp³-hybridized carbons (Fsp3) is 0.571. The molecule has 110 valence electrons. The Kier molecular flexibility index (Phi) is 3.41. The summed E-state index contributed by atoms with van der Waals surface area (Å²) in [6.07, 6.45) is -1.31. The Morgan fingerprint density at radius 2 is 2.15 bits per heavy atom. The highest BCUT2D eigenvalue weighted by atomic mass is 19.3. The molecule has 1 N–H and O–H groups in total. The maximum Gasteiger partial charge on any atom is 0.586 e. The second-order valence-corrected chi connectivity index (χ2v) is 5.18. The van der Waals surface area contributed by atoms with Gasteiger partial charge in [-0.25, -0.2) is 0 Å². The molecule has 2 heterocycles. The minimum Gasteiger partial charge on any atom is -0.395 e. The van der Waals surface area contributed by atoms with Crippen LogP contribution in [0.25, 0.3) is 0 Å². The molecule has 4 nitrogen and oxygen atoms in total. The van der Waals surface area contributed by atoms with Crippen LogP contribution in [0.3, 0.4) is 0 Å². The first-order chi connectivity index (χ1) is 9.57. The van der Waals surface area contributed by atoms with Crippen molar-refractivity contribution < 1.29 is 18.3 Å². The van der Waals surface area contributed by atoms with Crippen LogP contribution in [0.2, 0.25) is 0 Å². The Morgan fingerprint density at radius 1 is 1.35 bits per heavy atom. The van der Waals surface area contributed by atoms with Crippen LogP contribution >= 0.6 is 0 Å². The number of nitrogens with one attached hydrogen (secondary N) is 1. The predicted octanol–water partition coefficient (Wildman–Crippen LogP) is 2.59. The number of hydrogen-bond acceptors (Lipinski definition) is 4. The van der Waals surface area contributed by atoms with E-state index < -0.39 is 6.29 Å². The Bertz CT molecular complexity index is 494. The molecular formula is C14H18F2N2O2. The van der Waals surface area contributed by atoms with Crippen molar-refractivity contribution in [3.63, 3.8) is 0 Å². The van der Waals surface area contributed by atoms with Crippen LogP contribution in [0.4, 0.5) is 14.5 Å². The number of anilines is 1. The molecule has 2 aliphatic heterocycles. The van der Waals surface area contributed by atoms with E-state index in [1.54, 1.807) is 18.2 Å². The predicted molar refractivity (Wildman–Crippen MR) is 71.6 cm³/mol. The zero-order valence-electron chi connectivity index (χ0n) is 11.4. The third kappa shape index (κ3) is 2.65. The van der Waals surface area contributed by atoms with E-state index in [1.165, 1.54) is 0 Å². The molecule has 0 aliphatic carbocycles. The second kappa shape index (κ2) is 5.09. The first-order valence-electron chi connectivity index (χ1n) is 6.95. The molecule has 0 saturated carbocycles. The van der Waals surface area contributed by atoms with Crippen LogP contribution in [0, 0.1) is 0 Å². The van der Waals surface area contributed by atoms with Crippen LogP contribution < -0.4 is 19.7 Å². The van der Waals surface area contributed by atoms with Crippen LogP contribution in [0.1, 0.15) is 19.8 Å². The monoisotopic (exact) mass is 284 g/mol. The number of halogens is 2. The smallest absolute Gasteiger partial charge is 0.395 e. The lowest BCUT2D eigenvalue weighted by Crippen LogP contribution is -2.50. The summed E-state index contributed by atoms with van der Waals surface area (Å²) in [5, 5.41) is 3.47. The van der Waals surface area contributed by atoms with Gasteiger partial charge in [0.05, 0.1) is 0 Å². The molecule has 6 heteroatoms. The van der Waals surface area contributed by atoms with E-state index in [2.05, 4.69) is 26.6 Å². The van der Waals surface area contributed by atoms with Gasteiger partial charge in [-0.1, -0.05) is 13.3 Å². The lowest BCUT2D eigenvalue weighted by Gasteiger charge is -2.35. The van der Waals surface area contributed by atoms with Crippen LogP contribution in [0.5, 0.6) is 11.5 Å². The molecule has 3 rings (SSSR count).